The van der Waals surface area contributed by atoms with E-state index >= 15 is 0 Å². The zero-order valence-electron chi connectivity index (χ0n) is 15.7. The van der Waals surface area contributed by atoms with Crippen LogP contribution in [0.3, 0.4) is 0 Å². The molecule has 0 radical (unpaired) electrons. The minimum atomic E-state index is -3.67. The summed E-state index contributed by atoms with van der Waals surface area (Å²) in [6, 6.07) is 4.28. The van der Waals surface area contributed by atoms with E-state index in [1.807, 2.05) is 0 Å². The molecule has 0 aromatic heterocycles. The molecule has 0 aliphatic carbocycles. The number of piperidine rings is 1. The molecule has 2 N–H and O–H groups in total. The number of rotatable bonds is 8. The highest BCUT2D eigenvalue weighted by Crippen LogP contribution is 2.22. The van der Waals surface area contributed by atoms with Crippen molar-refractivity contribution in [2.75, 3.05) is 40.3 Å². The number of likely N-dealkylation sites (tertiary alicyclic amines) is 1. The fourth-order valence-electron chi connectivity index (χ4n) is 3.25. The highest BCUT2D eigenvalue weighted by molar-refractivity contribution is 7.89. The third-order valence-electron chi connectivity index (χ3n) is 4.64. The third kappa shape index (κ3) is 5.43. The van der Waals surface area contributed by atoms with E-state index in [1.54, 1.807) is 0 Å². The Labute approximate surface area is 156 Å². The second-order valence-electron chi connectivity index (χ2n) is 6.74. The van der Waals surface area contributed by atoms with Gasteiger partial charge in [0.05, 0.1) is 17.6 Å². The van der Waals surface area contributed by atoms with Gasteiger partial charge in [0.2, 0.25) is 10.0 Å². The SMILES string of the molecule is CNC(=O)c1cc(S(=O)(=O)NCCCN2CCCC(C)C2)ccc1OC. The Morgan fingerprint density at radius 3 is 2.81 bits per heavy atom. The number of carbonyl (C=O) groups excluding carboxylic acids is 1. The fourth-order valence-corrected chi connectivity index (χ4v) is 4.35. The van der Waals surface area contributed by atoms with Crippen molar-refractivity contribution in [3.05, 3.63) is 23.8 Å². The van der Waals surface area contributed by atoms with E-state index in [0.29, 0.717) is 18.2 Å². The van der Waals surface area contributed by atoms with Crippen LogP contribution in [-0.4, -0.2) is 59.6 Å². The molecule has 0 spiro atoms. The van der Waals surface area contributed by atoms with Crippen LogP contribution in [0.15, 0.2) is 23.1 Å². The Bertz CT molecular complexity index is 721. The Morgan fingerprint density at radius 2 is 2.15 bits per heavy atom. The van der Waals surface area contributed by atoms with E-state index in [0.717, 1.165) is 26.1 Å². The number of methoxy groups -OCH3 is 1. The molecule has 1 aliphatic rings. The second kappa shape index (κ2) is 9.34. The van der Waals surface area contributed by atoms with Gasteiger partial charge in [0.1, 0.15) is 5.75 Å². The van der Waals surface area contributed by atoms with Gasteiger partial charge in [-0.1, -0.05) is 6.92 Å². The molecule has 7 nitrogen and oxygen atoms in total. The number of ether oxygens (including phenoxy) is 1. The van der Waals surface area contributed by atoms with Gasteiger partial charge in [-0.15, -0.1) is 0 Å². The lowest BCUT2D eigenvalue weighted by Gasteiger charge is -2.30. The van der Waals surface area contributed by atoms with E-state index in [4.69, 9.17) is 4.74 Å². The van der Waals surface area contributed by atoms with Crippen LogP contribution in [-0.2, 0) is 10.0 Å². The normalized spacial score (nSPS) is 18.5. The van der Waals surface area contributed by atoms with Crippen LogP contribution in [0.4, 0.5) is 0 Å². The maximum atomic E-state index is 12.5. The molecule has 146 valence electrons. The largest absolute Gasteiger partial charge is 0.496 e. The molecular formula is C18H29N3O4S. The Balaban J connectivity index is 1.95. The van der Waals surface area contributed by atoms with Crippen LogP contribution in [0.1, 0.15) is 36.5 Å². The number of carbonyl (C=O) groups is 1. The lowest BCUT2D eigenvalue weighted by atomic mass is 10.0. The maximum Gasteiger partial charge on any atom is 0.254 e. The van der Waals surface area contributed by atoms with Crippen LogP contribution < -0.4 is 14.8 Å². The topological polar surface area (TPSA) is 87.7 Å². The van der Waals surface area contributed by atoms with Gasteiger partial charge in [-0.2, -0.15) is 0 Å². The molecule has 1 heterocycles. The van der Waals surface area contributed by atoms with Crippen LogP contribution in [0.2, 0.25) is 0 Å². The van der Waals surface area contributed by atoms with Gasteiger partial charge in [0.15, 0.2) is 0 Å². The lowest BCUT2D eigenvalue weighted by molar-refractivity contribution is 0.0960. The molecule has 0 bridgehead atoms. The van der Waals surface area contributed by atoms with E-state index in [2.05, 4.69) is 21.9 Å². The van der Waals surface area contributed by atoms with Crippen molar-refractivity contribution in [2.45, 2.75) is 31.1 Å². The smallest absolute Gasteiger partial charge is 0.254 e. The average molecular weight is 384 g/mol. The summed E-state index contributed by atoms with van der Waals surface area (Å²) in [5, 5.41) is 2.49. The molecule has 1 fully saturated rings. The number of hydrogen-bond donors (Lipinski definition) is 2. The van der Waals surface area contributed by atoms with Crippen molar-refractivity contribution in [2.24, 2.45) is 5.92 Å². The van der Waals surface area contributed by atoms with Crippen LogP contribution in [0.5, 0.6) is 5.75 Å². The zero-order chi connectivity index (χ0) is 19.2. The lowest BCUT2D eigenvalue weighted by Crippen LogP contribution is -2.36. The quantitative estimate of drug-likeness (QED) is 0.664. The van der Waals surface area contributed by atoms with E-state index < -0.39 is 15.9 Å². The molecule has 1 aromatic carbocycles. The van der Waals surface area contributed by atoms with Crippen LogP contribution in [0.25, 0.3) is 0 Å². The molecule has 1 aromatic rings. The van der Waals surface area contributed by atoms with Crippen molar-refractivity contribution in [3.8, 4) is 5.75 Å². The number of sulfonamides is 1. The van der Waals surface area contributed by atoms with Gasteiger partial charge in [-0.25, -0.2) is 13.1 Å². The summed E-state index contributed by atoms with van der Waals surface area (Å²) in [5.74, 6) is 0.656. The predicted octanol–water partition coefficient (Wildman–Crippen LogP) is 1.46. The minimum absolute atomic E-state index is 0.0588. The Kier molecular flexibility index (Phi) is 7.43. The van der Waals surface area contributed by atoms with Gasteiger partial charge < -0.3 is 15.0 Å². The van der Waals surface area contributed by atoms with Crippen molar-refractivity contribution >= 4 is 15.9 Å². The summed E-state index contributed by atoms with van der Waals surface area (Å²) in [4.78, 5) is 14.4. The Morgan fingerprint density at radius 1 is 1.38 bits per heavy atom. The van der Waals surface area contributed by atoms with E-state index in [-0.39, 0.29) is 10.5 Å². The third-order valence-corrected chi connectivity index (χ3v) is 6.10. The number of nitrogens with one attached hydrogen (secondary N) is 2. The summed E-state index contributed by atoms with van der Waals surface area (Å²) in [6.45, 7) is 5.68. The second-order valence-corrected chi connectivity index (χ2v) is 8.51. The molecule has 8 heteroatoms. The fraction of sp³-hybridized carbons (Fsp3) is 0.611. The molecule has 26 heavy (non-hydrogen) atoms. The summed E-state index contributed by atoms with van der Waals surface area (Å²) in [7, 11) is -0.738. The van der Waals surface area contributed by atoms with Gasteiger partial charge in [-0.05, 0) is 56.5 Å². The van der Waals surface area contributed by atoms with Crippen molar-refractivity contribution < 1.29 is 17.9 Å². The monoisotopic (exact) mass is 383 g/mol. The first kappa shape index (κ1) is 20.7. The maximum absolute atomic E-state index is 12.5. The molecule has 1 atom stereocenters. The van der Waals surface area contributed by atoms with E-state index in [1.165, 1.54) is 45.2 Å². The van der Waals surface area contributed by atoms with Gasteiger partial charge in [-0.3, -0.25) is 4.79 Å². The summed E-state index contributed by atoms with van der Waals surface area (Å²) >= 11 is 0. The van der Waals surface area contributed by atoms with Gasteiger partial charge in [0, 0.05) is 20.1 Å². The van der Waals surface area contributed by atoms with E-state index in [9.17, 15) is 13.2 Å². The molecule has 1 aliphatic heterocycles. The molecule has 0 saturated carbocycles. The number of nitrogens with zero attached hydrogens (tertiary/aromatic N) is 1. The first-order valence-corrected chi connectivity index (χ1v) is 10.5. The van der Waals surface area contributed by atoms with Gasteiger partial charge >= 0.3 is 0 Å². The average Bonchev–Trinajstić information content (AvgIpc) is 2.64. The highest BCUT2D eigenvalue weighted by atomic mass is 32.2. The zero-order valence-corrected chi connectivity index (χ0v) is 16.6. The highest BCUT2D eigenvalue weighted by Gasteiger charge is 2.20. The van der Waals surface area contributed by atoms with Crippen LogP contribution >= 0.6 is 0 Å². The summed E-state index contributed by atoms with van der Waals surface area (Å²) in [5.41, 5.74) is 0.195. The molecule has 1 unspecified atom stereocenters. The standard InChI is InChI=1S/C18H29N3O4S/c1-14-6-4-10-21(13-14)11-5-9-20-26(23,24)15-7-8-17(25-3)16(12-15)18(22)19-2/h7-8,12,14,20H,4-6,9-11,13H2,1-3H3,(H,19,22). The molecule has 2 rings (SSSR count). The minimum Gasteiger partial charge on any atom is -0.496 e. The molecule has 1 saturated heterocycles. The first-order chi connectivity index (χ1) is 12.4. The molecule has 1 amide bonds. The van der Waals surface area contributed by atoms with Crippen molar-refractivity contribution in [3.63, 3.8) is 0 Å². The number of hydrogen-bond acceptors (Lipinski definition) is 5. The first-order valence-electron chi connectivity index (χ1n) is 8.99. The summed E-state index contributed by atoms with van der Waals surface area (Å²) < 4.78 is 32.8. The Hall–Kier alpha value is -1.64. The van der Waals surface area contributed by atoms with Crippen molar-refractivity contribution in [1.82, 2.24) is 14.9 Å². The van der Waals surface area contributed by atoms with Crippen LogP contribution in [0, 0.1) is 5.92 Å². The number of benzene rings is 1. The van der Waals surface area contributed by atoms with Crippen molar-refractivity contribution in [1.29, 1.82) is 0 Å². The van der Waals surface area contributed by atoms with Gasteiger partial charge in [0.25, 0.3) is 5.91 Å². The number of amides is 1. The summed E-state index contributed by atoms with van der Waals surface area (Å²) in [6.07, 6.45) is 3.24. The molecular weight excluding hydrogens is 354 g/mol. The predicted molar refractivity (Wildman–Crippen MR) is 101 cm³/mol.